The second-order valence-corrected chi connectivity index (χ2v) is 9.24. The summed E-state index contributed by atoms with van der Waals surface area (Å²) in [7, 11) is 0. The van der Waals surface area contributed by atoms with Crippen LogP contribution >= 0.6 is 0 Å². The molecule has 0 aromatic heterocycles. The molecule has 3 aromatic carbocycles. The molecule has 0 N–H and O–H groups in total. The third-order valence-electron chi connectivity index (χ3n) is 6.50. The third-order valence-corrected chi connectivity index (χ3v) is 6.50. The van der Waals surface area contributed by atoms with E-state index in [4.69, 9.17) is 0 Å². The van der Waals surface area contributed by atoms with Gasteiger partial charge in [-0.05, 0) is 35.7 Å². The Morgan fingerprint density at radius 1 is 0.971 bits per heavy atom. The summed E-state index contributed by atoms with van der Waals surface area (Å²) in [6.07, 6.45) is 0.100. The van der Waals surface area contributed by atoms with E-state index in [2.05, 4.69) is 0 Å². The molecule has 170 valence electrons. The van der Waals surface area contributed by atoms with Gasteiger partial charge < -0.3 is 0 Å². The van der Waals surface area contributed by atoms with Crippen LogP contribution in [-0.4, -0.2) is 27.4 Å². The highest BCUT2D eigenvalue weighted by Gasteiger charge is 2.47. The van der Waals surface area contributed by atoms with E-state index in [0.29, 0.717) is 6.54 Å². The summed E-state index contributed by atoms with van der Waals surface area (Å²) >= 11 is 0. The average Bonchev–Trinajstić information content (AvgIpc) is 3.07. The Kier molecular flexibility index (Phi) is 6.45. The van der Waals surface area contributed by atoms with Gasteiger partial charge in [-0.3, -0.25) is 9.59 Å². The minimum absolute atomic E-state index is 0.107. The summed E-state index contributed by atoms with van der Waals surface area (Å²) in [5.41, 5.74) is 1.19. The van der Waals surface area contributed by atoms with E-state index in [0.717, 1.165) is 21.9 Å². The van der Waals surface area contributed by atoms with Crippen LogP contribution in [0.4, 0.5) is 0 Å². The van der Waals surface area contributed by atoms with Crippen molar-refractivity contribution >= 4 is 22.6 Å². The molecule has 0 unspecified atom stereocenters. The molecular formula is C28H26N4O2. The van der Waals surface area contributed by atoms with Crippen LogP contribution in [0.15, 0.2) is 72.8 Å². The van der Waals surface area contributed by atoms with Gasteiger partial charge in [0, 0.05) is 30.8 Å². The molecule has 0 radical (unpaired) electrons. The van der Waals surface area contributed by atoms with Gasteiger partial charge in [-0.25, -0.2) is 10.0 Å². The molecule has 0 spiro atoms. The van der Waals surface area contributed by atoms with Gasteiger partial charge in [0.05, 0.1) is 12.1 Å². The summed E-state index contributed by atoms with van der Waals surface area (Å²) in [5.74, 6) is -2.30. The predicted octanol–water partition coefficient (Wildman–Crippen LogP) is 4.93. The fourth-order valence-corrected chi connectivity index (χ4v) is 4.70. The SMILES string of the molecule is CC1(C)CC(=O)N(C(=O)C[C@H](c2ccccc2)C(C#N)C#N)N1Cc1cccc2ccccc12. The molecule has 2 amide bonds. The Morgan fingerprint density at radius 2 is 1.62 bits per heavy atom. The zero-order chi connectivity index (χ0) is 24.3. The maximum absolute atomic E-state index is 13.6. The van der Waals surface area contributed by atoms with Gasteiger partial charge in [0.25, 0.3) is 0 Å². The Hall–Kier alpha value is -4.00. The maximum atomic E-state index is 13.6. The highest BCUT2D eigenvalue weighted by atomic mass is 16.2. The Balaban J connectivity index is 1.67. The van der Waals surface area contributed by atoms with Gasteiger partial charge in [0.2, 0.25) is 11.8 Å². The number of benzene rings is 3. The fourth-order valence-electron chi connectivity index (χ4n) is 4.70. The van der Waals surface area contributed by atoms with Crippen molar-refractivity contribution in [2.45, 2.75) is 44.7 Å². The maximum Gasteiger partial charge on any atom is 0.245 e. The molecule has 0 saturated carbocycles. The van der Waals surface area contributed by atoms with Crippen LogP contribution in [0, 0.1) is 28.6 Å². The molecule has 1 heterocycles. The van der Waals surface area contributed by atoms with Gasteiger partial charge in [-0.2, -0.15) is 10.5 Å². The number of nitrogens with zero attached hydrogens (tertiary/aromatic N) is 4. The minimum Gasteiger partial charge on any atom is -0.273 e. The monoisotopic (exact) mass is 450 g/mol. The molecule has 6 nitrogen and oxygen atoms in total. The predicted molar refractivity (Wildman–Crippen MR) is 129 cm³/mol. The first-order chi connectivity index (χ1) is 16.4. The van der Waals surface area contributed by atoms with E-state index >= 15 is 0 Å². The first-order valence-corrected chi connectivity index (χ1v) is 11.3. The Bertz CT molecular complexity index is 1280. The Labute approximate surface area is 199 Å². The largest absolute Gasteiger partial charge is 0.273 e. The lowest BCUT2D eigenvalue weighted by molar-refractivity contribution is -0.161. The zero-order valence-corrected chi connectivity index (χ0v) is 19.3. The van der Waals surface area contributed by atoms with Gasteiger partial charge in [-0.1, -0.05) is 72.8 Å². The molecule has 1 saturated heterocycles. The van der Waals surface area contributed by atoms with Crippen LogP contribution in [0.3, 0.4) is 0 Å². The van der Waals surface area contributed by atoms with Crippen molar-refractivity contribution in [1.29, 1.82) is 10.5 Å². The lowest BCUT2D eigenvalue weighted by atomic mass is 9.85. The number of rotatable bonds is 6. The van der Waals surface area contributed by atoms with Crippen molar-refractivity contribution < 1.29 is 9.59 Å². The number of hydrazine groups is 1. The van der Waals surface area contributed by atoms with Crippen molar-refractivity contribution in [3.05, 3.63) is 83.9 Å². The molecule has 1 aliphatic rings. The third kappa shape index (κ3) is 4.41. The number of hydrogen-bond acceptors (Lipinski definition) is 5. The van der Waals surface area contributed by atoms with Crippen LogP contribution in [0.2, 0.25) is 0 Å². The standard InChI is InChI=1S/C28H26N4O2/c1-28(2)16-27(34)32(31(28)19-22-13-8-12-20-11-6-7-14-24(20)22)26(33)15-25(23(17-29)18-30)21-9-4-3-5-10-21/h3-14,23,25H,15-16,19H2,1-2H3/t25-/m1/s1. The van der Waals surface area contributed by atoms with Gasteiger partial charge in [-0.15, -0.1) is 0 Å². The van der Waals surface area contributed by atoms with Crippen molar-refractivity contribution in [2.24, 2.45) is 5.92 Å². The lowest BCUT2D eigenvalue weighted by Crippen LogP contribution is -2.49. The first-order valence-electron chi connectivity index (χ1n) is 11.3. The van der Waals surface area contributed by atoms with E-state index in [1.807, 2.05) is 104 Å². The van der Waals surface area contributed by atoms with E-state index in [1.54, 1.807) is 0 Å². The molecule has 1 fully saturated rings. The van der Waals surface area contributed by atoms with E-state index in [1.165, 1.54) is 5.01 Å². The number of fused-ring (bicyclic) bond motifs is 1. The zero-order valence-electron chi connectivity index (χ0n) is 19.3. The molecule has 34 heavy (non-hydrogen) atoms. The molecule has 0 aliphatic carbocycles. The molecule has 1 atom stereocenters. The summed E-state index contributed by atoms with van der Waals surface area (Å²) in [6, 6.07) is 27.2. The summed E-state index contributed by atoms with van der Waals surface area (Å²) in [6.45, 7) is 4.29. The highest BCUT2D eigenvalue weighted by Crippen LogP contribution is 2.36. The van der Waals surface area contributed by atoms with Crippen molar-refractivity contribution in [3.63, 3.8) is 0 Å². The molecule has 3 aromatic rings. The molecule has 6 heteroatoms. The topological polar surface area (TPSA) is 88.2 Å². The number of nitriles is 2. The lowest BCUT2D eigenvalue weighted by Gasteiger charge is -2.36. The fraction of sp³-hybridized carbons (Fsp3) is 0.286. The van der Waals surface area contributed by atoms with Crippen LogP contribution < -0.4 is 0 Å². The number of hydrogen-bond donors (Lipinski definition) is 0. The minimum atomic E-state index is -0.997. The van der Waals surface area contributed by atoms with Crippen molar-refractivity contribution in [1.82, 2.24) is 10.0 Å². The van der Waals surface area contributed by atoms with E-state index < -0.39 is 23.3 Å². The smallest absolute Gasteiger partial charge is 0.245 e. The number of imide groups is 1. The van der Waals surface area contributed by atoms with Crippen LogP contribution in [0.5, 0.6) is 0 Å². The highest BCUT2D eigenvalue weighted by molar-refractivity contribution is 5.97. The molecular weight excluding hydrogens is 424 g/mol. The summed E-state index contributed by atoms with van der Waals surface area (Å²) < 4.78 is 0. The second kappa shape index (κ2) is 9.47. The van der Waals surface area contributed by atoms with Crippen LogP contribution in [0.1, 0.15) is 43.7 Å². The molecule has 0 bridgehead atoms. The van der Waals surface area contributed by atoms with E-state index in [-0.39, 0.29) is 18.7 Å². The number of carbonyl (C=O) groups excluding carboxylic acids is 2. The van der Waals surface area contributed by atoms with Crippen LogP contribution in [-0.2, 0) is 16.1 Å². The van der Waals surface area contributed by atoms with Gasteiger partial charge in [0.15, 0.2) is 0 Å². The van der Waals surface area contributed by atoms with E-state index in [9.17, 15) is 20.1 Å². The van der Waals surface area contributed by atoms with Gasteiger partial charge >= 0.3 is 0 Å². The normalized spacial score (nSPS) is 16.4. The van der Waals surface area contributed by atoms with Crippen molar-refractivity contribution in [2.75, 3.05) is 0 Å². The first kappa shape index (κ1) is 23.2. The molecule has 4 rings (SSSR count). The summed E-state index contributed by atoms with van der Waals surface area (Å²) in [4.78, 5) is 26.6. The number of amides is 2. The van der Waals surface area contributed by atoms with Crippen LogP contribution in [0.25, 0.3) is 10.8 Å². The van der Waals surface area contributed by atoms with Gasteiger partial charge in [0.1, 0.15) is 5.92 Å². The number of carbonyl (C=O) groups is 2. The average molecular weight is 451 g/mol. The molecule has 1 aliphatic heterocycles. The summed E-state index contributed by atoms with van der Waals surface area (Å²) in [5, 5.41) is 24.3. The quantitative estimate of drug-likeness (QED) is 0.531. The van der Waals surface area contributed by atoms with Crippen molar-refractivity contribution in [3.8, 4) is 12.1 Å². The second-order valence-electron chi connectivity index (χ2n) is 9.24. The Morgan fingerprint density at radius 3 is 2.32 bits per heavy atom.